The lowest BCUT2D eigenvalue weighted by Crippen LogP contribution is -2.12. The van der Waals surface area contributed by atoms with Crippen LogP contribution >= 0.6 is 0 Å². The highest BCUT2D eigenvalue weighted by atomic mass is 15.2. The third-order valence-electron chi connectivity index (χ3n) is 15.9. The minimum absolute atomic E-state index is 0.975. The van der Waals surface area contributed by atoms with E-state index in [1.807, 2.05) is 0 Å². The van der Waals surface area contributed by atoms with Crippen molar-refractivity contribution in [2.24, 2.45) is 0 Å². The molecule has 0 aliphatic carbocycles. The first-order valence-corrected chi connectivity index (χ1v) is 27.9. The highest BCUT2D eigenvalue weighted by Gasteiger charge is 2.24. The number of rotatable bonds is 12. The molecule has 0 bridgehead atoms. The maximum Gasteiger partial charge on any atom is 0.0540 e. The van der Waals surface area contributed by atoms with Crippen molar-refractivity contribution in [3.63, 3.8) is 0 Å². The van der Waals surface area contributed by atoms with Crippen molar-refractivity contribution in [1.82, 2.24) is 0 Å². The molecule has 12 rings (SSSR count). The molecule has 0 heterocycles. The molecule has 0 atom stereocenters. The Labute approximate surface area is 462 Å². The number of anilines is 6. The normalized spacial score (nSPS) is 11.6. The molecule has 0 aliphatic heterocycles. The predicted molar refractivity (Wildman–Crippen MR) is 338 cm³/mol. The van der Waals surface area contributed by atoms with Crippen LogP contribution in [0.2, 0.25) is 0 Å². The predicted octanol–water partition coefficient (Wildman–Crippen LogP) is 21.8. The Bertz CT molecular complexity index is 3750. The van der Waals surface area contributed by atoms with Crippen molar-refractivity contribution in [2.75, 3.05) is 9.80 Å². The van der Waals surface area contributed by atoms with E-state index in [9.17, 15) is 0 Å². The quantitative estimate of drug-likeness (QED) is 0.113. The van der Waals surface area contributed by atoms with Gasteiger partial charge in [0.1, 0.15) is 0 Å². The van der Waals surface area contributed by atoms with Crippen LogP contribution in [0.15, 0.2) is 206 Å². The Hall–Kier alpha value is -8.72. The number of nitrogens with zero attached hydrogens (tertiary/aromatic N) is 2. The SMILES string of the molecule is CCc1ccc(N(c2cc(-c3cc(C)cc(C)c3)cc(-c3cc(C)cc(C)c3)c2)c2ccc3ccc4c(N(c5ccc(CC)cc5)c5cc(-c6cc(C)cc(C)c6)cc(-c6cc(C)cc(C)c6)c5)ccc5ccc2c3c54)cc1. The molecule has 78 heavy (non-hydrogen) atoms. The lowest BCUT2D eigenvalue weighted by molar-refractivity contribution is 1.14. The Balaban J connectivity index is 1.12. The van der Waals surface area contributed by atoms with Gasteiger partial charge in [0.25, 0.3) is 0 Å². The van der Waals surface area contributed by atoms with Gasteiger partial charge in [0.05, 0.1) is 11.4 Å². The summed E-state index contributed by atoms with van der Waals surface area (Å²) in [4.78, 5) is 5.03. The zero-order valence-corrected chi connectivity index (χ0v) is 46.9. The highest BCUT2D eigenvalue weighted by molar-refractivity contribution is 6.28. The molecule has 12 aromatic rings. The highest BCUT2D eigenvalue weighted by Crippen LogP contribution is 2.49. The number of hydrogen-bond donors (Lipinski definition) is 0. The van der Waals surface area contributed by atoms with Crippen LogP contribution in [-0.4, -0.2) is 0 Å². The van der Waals surface area contributed by atoms with Gasteiger partial charge < -0.3 is 9.80 Å². The minimum atomic E-state index is 0.975. The van der Waals surface area contributed by atoms with Gasteiger partial charge in [-0.2, -0.15) is 0 Å². The fourth-order valence-corrected chi connectivity index (χ4v) is 12.5. The second-order valence-electron chi connectivity index (χ2n) is 22.3. The van der Waals surface area contributed by atoms with Gasteiger partial charge in [-0.1, -0.05) is 192 Å². The van der Waals surface area contributed by atoms with E-state index in [4.69, 9.17) is 0 Å². The van der Waals surface area contributed by atoms with Crippen molar-refractivity contribution in [1.29, 1.82) is 0 Å². The lowest BCUT2D eigenvalue weighted by atomic mass is 9.91. The van der Waals surface area contributed by atoms with Gasteiger partial charge >= 0.3 is 0 Å². The molecule has 2 nitrogen and oxygen atoms in total. The van der Waals surface area contributed by atoms with Crippen molar-refractivity contribution >= 4 is 66.4 Å². The molecule has 0 saturated heterocycles. The molecule has 0 fully saturated rings. The number of aryl methyl sites for hydroxylation is 10. The van der Waals surface area contributed by atoms with Gasteiger partial charge in [-0.15, -0.1) is 0 Å². The van der Waals surface area contributed by atoms with E-state index in [0.29, 0.717) is 0 Å². The van der Waals surface area contributed by atoms with Gasteiger partial charge in [0.2, 0.25) is 0 Å². The van der Waals surface area contributed by atoms with Crippen molar-refractivity contribution in [2.45, 2.75) is 82.1 Å². The third kappa shape index (κ3) is 9.62. The van der Waals surface area contributed by atoms with Crippen molar-refractivity contribution in [3.05, 3.63) is 262 Å². The summed E-state index contributed by atoms with van der Waals surface area (Å²) in [6.45, 7) is 22.1. The average Bonchev–Trinajstić information content (AvgIpc) is 3.47. The first-order chi connectivity index (χ1) is 37.7. The molecular formula is C76H68N2. The number of benzene rings is 12. The number of hydrogen-bond acceptors (Lipinski definition) is 2. The van der Waals surface area contributed by atoms with Crippen molar-refractivity contribution in [3.8, 4) is 44.5 Å². The second kappa shape index (κ2) is 20.3. The fraction of sp³-hybridized carbons (Fsp3) is 0.158. The van der Waals surface area contributed by atoms with E-state index in [1.54, 1.807) is 0 Å². The van der Waals surface area contributed by atoms with Gasteiger partial charge in [-0.05, 0) is 218 Å². The summed E-state index contributed by atoms with van der Waals surface area (Å²) in [6, 6.07) is 79.4. The molecule has 0 spiro atoms. The van der Waals surface area contributed by atoms with E-state index in [2.05, 4.69) is 285 Å². The van der Waals surface area contributed by atoms with E-state index < -0.39 is 0 Å². The summed E-state index contributed by atoms with van der Waals surface area (Å²) in [6.07, 6.45) is 1.95. The summed E-state index contributed by atoms with van der Waals surface area (Å²) < 4.78 is 0. The van der Waals surface area contributed by atoms with Gasteiger partial charge in [-0.3, -0.25) is 0 Å². The topological polar surface area (TPSA) is 6.48 Å². The van der Waals surface area contributed by atoms with E-state index in [-0.39, 0.29) is 0 Å². The molecule has 2 heteroatoms. The molecular weight excluding hydrogens is 941 g/mol. The fourth-order valence-electron chi connectivity index (χ4n) is 12.5. The molecule has 12 aromatic carbocycles. The summed E-state index contributed by atoms with van der Waals surface area (Å²) in [5, 5.41) is 7.39. The zero-order valence-electron chi connectivity index (χ0n) is 46.9. The van der Waals surface area contributed by atoms with E-state index >= 15 is 0 Å². The second-order valence-corrected chi connectivity index (χ2v) is 22.3. The molecule has 0 saturated carbocycles. The maximum atomic E-state index is 2.51. The molecule has 0 N–H and O–H groups in total. The first-order valence-electron chi connectivity index (χ1n) is 27.9. The van der Waals surface area contributed by atoms with Crippen LogP contribution in [-0.2, 0) is 12.8 Å². The zero-order chi connectivity index (χ0) is 53.9. The third-order valence-corrected chi connectivity index (χ3v) is 15.9. The van der Waals surface area contributed by atoms with Crippen LogP contribution in [0.25, 0.3) is 76.8 Å². The van der Waals surface area contributed by atoms with Crippen LogP contribution in [0.5, 0.6) is 0 Å². The average molecular weight is 1010 g/mol. The summed E-state index contributed by atoms with van der Waals surface area (Å²) >= 11 is 0. The van der Waals surface area contributed by atoms with Crippen LogP contribution in [0.4, 0.5) is 34.1 Å². The summed E-state index contributed by atoms with van der Waals surface area (Å²) in [5.74, 6) is 0. The molecule has 0 amide bonds. The Morgan fingerprint density at radius 3 is 0.769 bits per heavy atom. The van der Waals surface area contributed by atoms with E-state index in [0.717, 1.165) is 47.0 Å². The van der Waals surface area contributed by atoms with E-state index in [1.165, 1.54) is 132 Å². The lowest BCUT2D eigenvalue weighted by Gasteiger charge is -2.30. The van der Waals surface area contributed by atoms with Gasteiger partial charge in [-0.25, -0.2) is 0 Å². The smallest absolute Gasteiger partial charge is 0.0540 e. The van der Waals surface area contributed by atoms with Crippen LogP contribution < -0.4 is 9.80 Å². The van der Waals surface area contributed by atoms with Crippen LogP contribution in [0, 0.1) is 55.4 Å². The van der Waals surface area contributed by atoms with Crippen molar-refractivity contribution < 1.29 is 0 Å². The first kappa shape index (κ1) is 50.1. The Kier molecular flexibility index (Phi) is 13.1. The standard InChI is InChI=1S/C76H68N2/c1-11-55-13-21-67(22-14-55)77(69-43-63(59-33-47(3)29-48(4)34-59)41-64(44-69)60-35-49(5)30-50(6)36-60)73-27-19-57-18-26-72-74(28-20-58-17-25-71(73)75(57)76(58)72)78(68-23-15-56(12-2)16-24-68)70-45-65(61-37-51(7)31-52(8)38-61)42-66(46-70)62-39-53(9)32-54(10)40-62/h13-46H,11-12H2,1-10H3. The van der Waals surface area contributed by atoms with Gasteiger partial charge in [0, 0.05) is 33.5 Å². The van der Waals surface area contributed by atoms with Crippen LogP contribution in [0.1, 0.15) is 69.5 Å². The molecule has 0 aromatic heterocycles. The Morgan fingerprint density at radius 1 is 0.244 bits per heavy atom. The maximum absolute atomic E-state index is 2.51. The Morgan fingerprint density at radius 2 is 0.500 bits per heavy atom. The molecule has 0 aliphatic rings. The largest absolute Gasteiger partial charge is 0.310 e. The molecule has 0 unspecified atom stereocenters. The van der Waals surface area contributed by atoms with Crippen LogP contribution in [0.3, 0.4) is 0 Å². The minimum Gasteiger partial charge on any atom is -0.310 e. The summed E-state index contributed by atoms with van der Waals surface area (Å²) in [7, 11) is 0. The van der Waals surface area contributed by atoms with Gasteiger partial charge in [0.15, 0.2) is 0 Å². The molecule has 382 valence electrons. The monoisotopic (exact) mass is 1010 g/mol. The molecule has 0 radical (unpaired) electrons. The summed E-state index contributed by atoms with van der Waals surface area (Å²) in [5.41, 5.74) is 29.1.